The molecular weight excluding hydrogens is 224 g/mol. The van der Waals surface area contributed by atoms with Gasteiger partial charge in [0.2, 0.25) is 0 Å². The van der Waals surface area contributed by atoms with Gasteiger partial charge in [0.05, 0.1) is 5.38 Å². The van der Waals surface area contributed by atoms with Gasteiger partial charge < -0.3 is 5.32 Å². The maximum absolute atomic E-state index is 11.7. The molecule has 1 aromatic rings. The predicted octanol–water partition coefficient (Wildman–Crippen LogP) is 2.53. The van der Waals surface area contributed by atoms with E-state index in [1.54, 1.807) is 6.07 Å². The molecular formula is C12H17ClN2O. The van der Waals surface area contributed by atoms with E-state index in [0.29, 0.717) is 12.2 Å². The molecule has 0 bridgehead atoms. The van der Waals surface area contributed by atoms with Crippen LogP contribution >= 0.6 is 11.6 Å². The molecule has 0 fully saturated rings. The molecule has 0 aliphatic carbocycles. The van der Waals surface area contributed by atoms with E-state index in [1.165, 1.54) is 0 Å². The van der Waals surface area contributed by atoms with Gasteiger partial charge in [-0.3, -0.25) is 4.79 Å². The molecule has 1 aromatic heterocycles. The highest BCUT2D eigenvalue weighted by Crippen LogP contribution is 2.04. The Morgan fingerprint density at radius 2 is 2.31 bits per heavy atom. The number of rotatable bonds is 5. The summed E-state index contributed by atoms with van der Waals surface area (Å²) in [6.45, 7) is 4.42. The summed E-state index contributed by atoms with van der Waals surface area (Å²) in [6.07, 6.45) is 1.93. The fraction of sp³-hybridized carbons (Fsp3) is 0.500. The zero-order chi connectivity index (χ0) is 12.0. The van der Waals surface area contributed by atoms with Crippen LogP contribution in [-0.4, -0.2) is 22.8 Å². The minimum atomic E-state index is -0.162. The molecule has 4 heteroatoms. The molecule has 1 amide bonds. The fourth-order valence-electron chi connectivity index (χ4n) is 1.38. The molecule has 3 nitrogen and oxygen atoms in total. The van der Waals surface area contributed by atoms with E-state index in [0.717, 1.165) is 18.5 Å². The molecule has 0 aliphatic heterocycles. The van der Waals surface area contributed by atoms with Gasteiger partial charge in [0.15, 0.2) is 0 Å². The highest BCUT2D eigenvalue weighted by Gasteiger charge is 2.09. The van der Waals surface area contributed by atoms with Crippen LogP contribution in [0.5, 0.6) is 0 Å². The quantitative estimate of drug-likeness (QED) is 0.804. The Morgan fingerprint density at radius 1 is 1.56 bits per heavy atom. The van der Waals surface area contributed by atoms with Gasteiger partial charge in [-0.15, -0.1) is 11.6 Å². The number of nitrogens with zero attached hydrogens (tertiary/aromatic N) is 1. The summed E-state index contributed by atoms with van der Waals surface area (Å²) >= 11 is 6.01. The first-order valence-electron chi connectivity index (χ1n) is 5.49. The van der Waals surface area contributed by atoms with Crippen LogP contribution in [-0.2, 0) is 0 Å². The average molecular weight is 241 g/mol. The Morgan fingerprint density at radius 3 is 2.94 bits per heavy atom. The molecule has 1 unspecified atom stereocenters. The normalized spacial score (nSPS) is 12.2. The van der Waals surface area contributed by atoms with Crippen molar-refractivity contribution >= 4 is 17.5 Å². The molecule has 0 radical (unpaired) electrons. The van der Waals surface area contributed by atoms with Crippen LogP contribution in [0.3, 0.4) is 0 Å². The number of halogens is 1. The van der Waals surface area contributed by atoms with Crippen molar-refractivity contribution in [1.82, 2.24) is 10.3 Å². The average Bonchev–Trinajstić information content (AvgIpc) is 2.26. The highest BCUT2D eigenvalue weighted by atomic mass is 35.5. The fourth-order valence-corrected chi connectivity index (χ4v) is 1.67. The van der Waals surface area contributed by atoms with Crippen LogP contribution in [0, 0.1) is 6.92 Å². The van der Waals surface area contributed by atoms with Crippen LogP contribution in [0.15, 0.2) is 18.2 Å². The molecule has 0 aliphatic rings. The lowest BCUT2D eigenvalue weighted by molar-refractivity contribution is 0.0948. The Bertz CT molecular complexity index is 355. The van der Waals surface area contributed by atoms with Gasteiger partial charge in [-0.1, -0.05) is 19.4 Å². The topological polar surface area (TPSA) is 42.0 Å². The van der Waals surface area contributed by atoms with Crippen molar-refractivity contribution in [2.45, 2.75) is 32.1 Å². The molecule has 0 aromatic carbocycles. The van der Waals surface area contributed by atoms with Crippen LogP contribution in [0.1, 0.15) is 35.9 Å². The van der Waals surface area contributed by atoms with Gasteiger partial charge in [-0.05, 0) is 25.5 Å². The van der Waals surface area contributed by atoms with E-state index in [9.17, 15) is 4.79 Å². The smallest absolute Gasteiger partial charge is 0.269 e. The lowest BCUT2D eigenvalue weighted by Gasteiger charge is -2.09. The van der Waals surface area contributed by atoms with Crippen LogP contribution in [0.25, 0.3) is 0 Å². The molecule has 0 saturated heterocycles. The zero-order valence-electron chi connectivity index (χ0n) is 9.66. The molecule has 1 atom stereocenters. The van der Waals surface area contributed by atoms with Crippen LogP contribution < -0.4 is 5.32 Å². The number of aryl methyl sites for hydroxylation is 1. The standard InChI is InChI=1S/C12H17ClN2O/c1-3-5-10(13)8-14-12(16)11-7-4-6-9(2)15-11/h4,6-7,10H,3,5,8H2,1-2H3,(H,14,16). The summed E-state index contributed by atoms with van der Waals surface area (Å²) in [5, 5.41) is 2.78. The van der Waals surface area contributed by atoms with Crippen molar-refractivity contribution in [3.63, 3.8) is 0 Å². The summed E-state index contributed by atoms with van der Waals surface area (Å²) in [5.41, 5.74) is 1.28. The lowest BCUT2D eigenvalue weighted by Crippen LogP contribution is -2.30. The summed E-state index contributed by atoms with van der Waals surface area (Å²) < 4.78 is 0. The maximum Gasteiger partial charge on any atom is 0.269 e. The highest BCUT2D eigenvalue weighted by molar-refractivity contribution is 6.20. The molecule has 0 spiro atoms. The van der Waals surface area contributed by atoms with Crippen LogP contribution in [0.2, 0.25) is 0 Å². The van der Waals surface area contributed by atoms with Gasteiger partial charge in [-0.2, -0.15) is 0 Å². The second-order valence-corrected chi connectivity index (χ2v) is 4.38. The van der Waals surface area contributed by atoms with Gasteiger partial charge in [-0.25, -0.2) is 4.98 Å². The third kappa shape index (κ3) is 4.19. The maximum atomic E-state index is 11.7. The van der Waals surface area contributed by atoms with Crippen molar-refractivity contribution in [1.29, 1.82) is 0 Å². The second-order valence-electron chi connectivity index (χ2n) is 3.76. The first-order valence-corrected chi connectivity index (χ1v) is 5.93. The first-order chi connectivity index (χ1) is 7.63. The molecule has 16 heavy (non-hydrogen) atoms. The molecule has 0 saturated carbocycles. The Hall–Kier alpha value is -1.09. The van der Waals surface area contributed by atoms with Crippen molar-refractivity contribution in [3.05, 3.63) is 29.6 Å². The number of pyridine rings is 1. The number of hydrogen-bond acceptors (Lipinski definition) is 2. The van der Waals surface area contributed by atoms with E-state index >= 15 is 0 Å². The van der Waals surface area contributed by atoms with Crippen molar-refractivity contribution in [3.8, 4) is 0 Å². The summed E-state index contributed by atoms with van der Waals surface area (Å²) in [4.78, 5) is 15.8. The van der Waals surface area contributed by atoms with E-state index in [4.69, 9.17) is 11.6 Å². The van der Waals surface area contributed by atoms with Gasteiger partial charge in [0.25, 0.3) is 5.91 Å². The van der Waals surface area contributed by atoms with Crippen molar-refractivity contribution in [2.24, 2.45) is 0 Å². The van der Waals surface area contributed by atoms with Gasteiger partial charge in [0.1, 0.15) is 5.69 Å². The monoisotopic (exact) mass is 240 g/mol. The Kier molecular flexibility index (Phi) is 5.26. The number of carbonyl (C=O) groups excluding carboxylic acids is 1. The van der Waals surface area contributed by atoms with Gasteiger partial charge >= 0.3 is 0 Å². The first kappa shape index (κ1) is 13.0. The SMILES string of the molecule is CCCC(Cl)CNC(=O)c1cccc(C)n1. The minimum absolute atomic E-state index is 0.00115. The third-order valence-electron chi connectivity index (χ3n) is 2.21. The molecule has 1 rings (SSSR count). The second kappa shape index (κ2) is 6.48. The van der Waals surface area contributed by atoms with E-state index in [1.807, 2.05) is 19.1 Å². The van der Waals surface area contributed by atoms with E-state index in [-0.39, 0.29) is 11.3 Å². The molecule has 1 N–H and O–H groups in total. The largest absolute Gasteiger partial charge is 0.349 e. The number of hydrogen-bond donors (Lipinski definition) is 1. The zero-order valence-corrected chi connectivity index (χ0v) is 10.4. The van der Waals surface area contributed by atoms with Gasteiger partial charge in [0, 0.05) is 12.2 Å². The van der Waals surface area contributed by atoms with Crippen molar-refractivity contribution < 1.29 is 4.79 Å². The Labute approximate surface area is 101 Å². The summed E-state index contributed by atoms with van der Waals surface area (Å²) in [5.74, 6) is -0.162. The molecule has 88 valence electrons. The third-order valence-corrected chi connectivity index (χ3v) is 2.58. The van der Waals surface area contributed by atoms with Crippen molar-refractivity contribution in [2.75, 3.05) is 6.54 Å². The van der Waals surface area contributed by atoms with E-state index in [2.05, 4.69) is 17.2 Å². The summed E-state index contributed by atoms with van der Waals surface area (Å²) in [7, 11) is 0. The molecule has 1 heterocycles. The van der Waals surface area contributed by atoms with Crippen LogP contribution in [0.4, 0.5) is 0 Å². The Balaban J connectivity index is 2.47. The number of nitrogens with one attached hydrogen (secondary N) is 1. The predicted molar refractivity (Wildman–Crippen MR) is 65.9 cm³/mol. The number of alkyl halides is 1. The number of amides is 1. The van der Waals surface area contributed by atoms with E-state index < -0.39 is 0 Å². The minimum Gasteiger partial charge on any atom is -0.349 e. The lowest BCUT2D eigenvalue weighted by atomic mass is 10.2. The summed E-state index contributed by atoms with van der Waals surface area (Å²) in [6, 6.07) is 5.38. The number of aromatic nitrogens is 1. The number of carbonyl (C=O) groups is 1.